The Labute approximate surface area is 167 Å². The molecule has 6 heteroatoms. The van der Waals surface area contributed by atoms with Gasteiger partial charge < -0.3 is 15.0 Å². The van der Waals surface area contributed by atoms with Crippen molar-refractivity contribution in [3.05, 3.63) is 60.9 Å². The highest BCUT2D eigenvalue weighted by Gasteiger charge is 2.16. The summed E-state index contributed by atoms with van der Waals surface area (Å²) in [6, 6.07) is 16.7. The van der Waals surface area contributed by atoms with Gasteiger partial charge in [0, 0.05) is 39.4 Å². The van der Waals surface area contributed by atoms with Crippen LogP contribution < -0.4 is 14.8 Å². The average Bonchev–Trinajstić information content (AvgIpc) is 3.16. The van der Waals surface area contributed by atoms with Crippen molar-refractivity contribution in [2.24, 2.45) is 0 Å². The number of aromatic nitrogens is 2. The Bertz CT molecular complexity index is 1170. The van der Waals surface area contributed by atoms with E-state index < -0.39 is 0 Å². The second-order valence-electron chi connectivity index (χ2n) is 6.82. The minimum absolute atomic E-state index is 0.254. The van der Waals surface area contributed by atoms with Crippen LogP contribution in [0.2, 0.25) is 0 Å². The first kappa shape index (κ1) is 17.2. The number of pyridine rings is 1. The number of hydrogen-bond donors (Lipinski definition) is 3. The summed E-state index contributed by atoms with van der Waals surface area (Å²) < 4.78 is 8.91. The molecule has 2 aromatic carbocycles. The summed E-state index contributed by atoms with van der Waals surface area (Å²) in [6.45, 7) is 2.10. The third-order valence-electron chi connectivity index (χ3n) is 4.96. The van der Waals surface area contributed by atoms with Crippen molar-refractivity contribution in [3.8, 4) is 28.0 Å². The first-order valence-electron chi connectivity index (χ1n) is 9.17. The third kappa shape index (κ3) is 2.91. The van der Waals surface area contributed by atoms with Gasteiger partial charge in [-0.05, 0) is 48.7 Å². The van der Waals surface area contributed by atoms with E-state index in [-0.39, 0.29) is 6.17 Å². The van der Waals surface area contributed by atoms with E-state index in [0.717, 1.165) is 44.7 Å². The lowest BCUT2D eigenvalue weighted by Crippen LogP contribution is -2.31. The Morgan fingerprint density at radius 1 is 1.04 bits per heavy atom. The zero-order valence-electron chi connectivity index (χ0n) is 15.6. The van der Waals surface area contributed by atoms with E-state index in [1.54, 1.807) is 19.1 Å². The minimum Gasteiger partial charge on any atom is -0.496 e. The first-order valence-corrected chi connectivity index (χ1v) is 9.98. The molecule has 3 N–H and O–H groups in total. The van der Waals surface area contributed by atoms with Gasteiger partial charge >= 0.3 is 0 Å². The standard InChI is InChI=1S/C22H20N4OS/c1-13-25-19-8-7-14(10-21(19)28-26-13)15-9-17-18(12-24-22(17)23-11-15)16-5-3-4-6-20(16)27-2/h3-13,25-26H,1-2H3,(H,23,24). The molecule has 0 saturated heterocycles. The molecule has 1 aliphatic rings. The average molecular weight is 388 g/mol. The molecular weight excluding hydrogens is 368 g/mol. The number of fused-ring (bicyclic) bond motifs is 2. The number of nitrogens with one attached hydrogen (secondary N) is 3. The van der Waals surface area contributed by atoms with Gasteiger partial charge in [-0.1, -0.05) is 24.3 Å². The predicted molar refractivity (Wildman–Crippen MR) is 116 cm³/mol. The van der Waals surface area contributed by atoms with Gasteiger partial charge in [0.2, 0.25) is 0 Å². The van der Waals surface area contributed by atoms with Crippen LogP contribution in [0.25, 0.3) is 33.3 Å². The summed E-state index contributed by atoms with van der Waals surface area (Å²) in [7, 11) is 1.70. The summed E-state index contributed by atoms with van der Waals surface area (Å²) in [5, 5.41) is 4.52. The topological polar surface area (TPSA) is 62.0 Å². The molecule has 0 spiro atoms. The Morgan fingerprint density at radius 3 is 2.82 bits per heavy atom. The molecule has 3 heterocycles. The van der Waals surface area contributed by atoms with Crippen LogP contribution in [0.5, 0.6) is 5.75 Å². The van der Waals surface area contributed by atoms with Crippen LogP contribution in [0.4, 0.5) is 5.69 Å². The summed E-state index contributed by atoms with van der Waals surface area (Å²) in [6.07, 6.45) is 4.17. The van der Waals surface area contributed by atoms with E-state index in [1.165, 1.54) is 4.90 Å². The maximum Gasteiger partial charge on any atom is 0.137 e. The molecule has 140 valence electrons. The van der Waals surface area contributed by atoms with Gasteiger partial charge in [0.05, 0.1) is 19.0 Å². The number of ether oxygens (including phenoxy) is 1. The Hall–Kier alpha value is -2.96. The number of nitrogens with zero attached hydrogens (tertiary/aromatic N) is 1. The molecule has 0 fully saturated rings. The molecule has 2 aromatic heterocycles. The maximum atomic E-state index is 5.55. The lowest BCUT2D eigenvalue weighted by atomic mass is 10.0. The Morgan fingerprint density at radius 2 is 1.93 bits per heavy atom. The summed E-state index contributed by atoms with van der Waals surface area (Å²) >= 11 is 1.66. The van der Waals surface area contributed by atoms with E-state index in [4.69, 9.17) is 4.74 Å². The van der Waals surface area contributed by atoms with E-state index in [2.05, 4.69) is 57.3 Å². The van der Waals surface area contributed by atoms with Crippen molar-refractivity contribution in [2.45, 2.75) is 18.0 Å². The third-order valence-corrected chi connectivity index (χ3v) is 5.99. The summed E-state index contributed by atoms with van der Waals surface area (Å²) in [5.41, 5.74) is 6.40. The normalized spacial score (nSPS) is 15.9. The highest BCUT2D eigenvalue weighted by molar-refractivity contribution is 7.97. The minimum atomic E-state index is 0.254. The van der Waals surface area contributed by atoms with Gasteiger partial charge in [0.15, 0.2) is 0 Å². The molecule has 5 rings (SSSR count). The first-order chi connectivity index (χ1) is 13.7. The van der Waals surface area contributed by atoms with Gasteiger partial charge in [-0.3, -0.25) is 0 Å². The number of benzene rings is 2. The number of anilines is 1. The zero-order valence-corrected chi connectivity index (χ0v) is 16.4. The van der Waals surface area contributed by atoms with Crippen LogP contribution in [0.3, 0.4) is 0 Å². The quantitative estimate of drug-likeness (QED) is 0.417. The number of hydrogen-bond acceptors (Lipinski definition) is 5. The molecule has 1 atom stereocenters. The van der Waals surface area contributed by atoms with Crippen LogP contribution in [0.1, 0.15) is 6.92 Å². The molecule has 4 aromatic rings. The summed E-state index contributed by atoms with van der Waals surface area (Å²) in [5.74, 6) is 0.852. The monoisotopic (exact) mass is 388 g/mol. The second-order valence-corrected chi connectivity index (χ2v) is 7.70. The zero-order chi connectivity index (χ0) is 19.1. The number of aromatic amines is 1. The van der Waals surface area contributed by atoms with Crippen molar-refractivity contribution in [3.63, 3.8) is 0 Å². The van der Waals surface area contributed by atoms with Crippen LogP contribution in [-0.4, -0.2) is 23.2 Å². The lowest BCUT2D eigenvalue weighted by Gasteiger charge is -2.24. The van der Waals surface area contributed by atoms with Crippen LogP contribution >= 0.6 is 11.9 Å². The van der Waals surface area contributed by atoms with E-state index in [9.17, 15) is 0 Å². The molecule has 0 aliphatic carbocycles. The van der Waals surface area contributed by atoms with Crippen LogP contribution in [0, 0.1) is 0 Å². The molecule has 1 unspecified atom stereocenters. The fraction of sp³-hybridized carbons (Fsp3) is 0.136. The molecule has 28 heavy (non-hydrogen) atoms. The second kappa shape index (κ2) is 6.89. The van der Waals surface area contributed by atoms with Gasteiger partial charge in [-0.15, -0.1) is 0 Å². The highest BCUT2D eigenvalue weighted by atomic mass is 32.2. The number of methoxy groups -OCH3 is 1. The molecule has 0 bridgehead atoms. The number of rotatable bonds is 3. The van der Waals surface area contributed by atoms with Crippen molar-refractivity contribution >= 4 is 28.7 Å². The van der Waals surface area contributed by atoms with Gasteiger partial charge in [-0.2, -0.15) is 0 Å². The molecule has 1 aliphatic heterocycles. The largest absolute Gasteiger partial charge is 0.496 e. The number of H-pyrrole nitrogens is 1. The van der Waals surface area contributed by atoms with Crippen molar-refractivity contribution in [1.82, 2.24) is 14.7 Å². The highest BCUT2D eigenvalue weighted by Crippen LogP contribution is 2.38. The summed E-state index contributed by atoms with van der Waals surface area (Å²) in [4.78, 5) is 9.12. The predicted octanol–water partition coefficient (Wildman–Crippen LogP) is 5.27. The van der Waals surface area contributed by atoms with E-state index in [0.29, 0.717) is 0 Å². The van der Waals surface area contributed by atoms with Crippen molar-refractivity contribution < 1.29 is 4.74 Å². The van der Waals surface area contributed by atoms with E-state index >= 15 is 0 Å². The number of para-hydroxylation sites is 1. The van der Waals surface area contributed by atoms with Crippen LogP contribution in [0.15, 0.2) is 65.8 Å². The Balaban J connectivity index is 1.61. The smallest absolute Gasteiger partial charge is 0.137 e. The fourth-order valence-electron chi connectivity index (χ4n) is 3.57. The fourth-order valence-corrected chi connectivity index (χ4v) is 4.36. The van der Waals surface area contributed by atoms with E-state index in [1.807, 2.05) is 30.6 Å². The molecule has 5 nitrogen and oxygen atoms in total. The molecule has 0 saturated carbocycles. The van der Waals surface area contributed by atoms with Gasteiger partial charge in [-0.25, -0.2) is 9.71 Å². The van der Waals surface area contributed by atoms with Crippen LogP contribution in [-0.2, 0) is 0 Å². The molecular formula is C22H20N4OS. The molecule has 0 amide bonds. The lowest BCUT2D eigenvalue weighted by molar-refractivity contribution is 0.416. The Kier molecular flexibility index (Phi) is 4.22. The SMILES string of the molecule is COc1ccccc1-c1c[nH]c2ncc(-c3ccc4c(c3)SNC(C)N4)cc12. The van der Waals surface area contributed by atoms with Gasteiger partial charge in [0.25, 0.3) is 0 Å². The van der Waals surface area contributed by atoms with Crippen molar-refractivity contribution in [2.75, 3.05) is 12.4 Å². The maximum absolute atomic E-state index is 5.55. The molecule has 0 radical (unpaired) electrons. The van der Waals surface area contributed by atoms with Gasteiger partial charge in [0.1, 0.15) is 11.4 Å². The van der Waals surface area contributed by atoms with Crippen molar-refractivity contribution in [1.29, 1.82) is 0 Å².